The van der Waals surface area contributed by atoms with Crippen LogP contribution in [0.2, 0.25) is 0 Å². The third-order valence-electron chi connectivity index (χ3n) is 2.86. The van der Waals surface area contributed by atoms with E-state index in [0.29, 0.717) is 6.61 Å². The summed E-state index contributed by atoms with van der Waals surface area (Å²) in [5, 5.41) is 6.51. The molecule has 0 saturated heterocycles. The Morgan fingerprint density at radius 1 is 1.28 bits per heavy atom. The number of aromatic amines is 1. The van der Waals surface area contributed by atoms with Crippen molar-refractivity contribution in [3.8, 4) is 0 Å². The number of esters is 1. The molecule has 1 N–H and O–H groups in total. The lowest BCUT2D eigenvalue weighted by Crippen LogP contribution is -2.08. The molecule has 94 valence electrons. The lowest BCUT2D eigenvalue weighted by atomic mass is 10.1. The Morgan fingerprint density at radius 2 is 2.11 bits per heavy atom. The van der Waals surface area contributed by atoms with Gasteiger partial charge in [-0.15, -0.1) is 0 Å². The highest BCUT2D eigenvalue weighted by molar-refractivity contribution is 5.71. The molecule has 0 unspecified atom stereocenters. The summed E-state index contributed by atoms with van der Waals surface area (Å²) in [4.78, 5) is 11.6. The minimum Gasteiger partial charge on any atom is -0.461 e. The van der Waals surface area contributed by atoms with E-state index in [-0.39, 0.29) is 12.4 Å². The topological polar surface area (TPSA) is 55.0 Å². The number of benzene rings is 1. The summed E-state index contributed by atoms with van der Waals surface area (Å²) in [5.41, 5.74) is 4.22. The molecule has 1 aromatic carbocycles. The van der Waals surface area contributed by atoms with Gasteiger partial charge in [0.2, 0.25) is 0 Å². The number of carbonyl (C=O) groups excluding carboxylic acids is 1. The quantitative estimate of drug-likeness (QED) is 0.840. The normalized spacial score (nSPS) is 10.3. The molecule has 0 aliphatic rings. The molecule has 1 heterocycles. The van der Waals surface area contributed by atoms with Crippen molar-refractivity contribution < 1.29 is 9.53 Å². The van der Waals surface area contributed by atoms with Crippen molar-refractivity contribution in [2.45, 2.75) is 26.9 Å². The summed E-state index contributed by atoms with van der Waals surface area (Å²) in [6.07, 6.45) is 1.84. The van der Waals surface area contributed by atoms with E-state index in [1.165, 1.54) is 11.1 Å². The predicted octanol–water partition coefficient (Wildman–Crippen LogP) is 2.31. The molecule has 0 fully saturated rings. The van der Waals surface area contributed by atoms with Crippen LogP contribution < -0.4 is 0 Å². The number of nitrogens with one attached hydrogen (secondary N) is 1. The fraction of sp³-hybridized carbons (Fsp3) is 0.286. The van der Waals surface area contributed by atoms with E-state index >= 15 is 0 Å². The average Bonchev–Trinajstić information content (AvgIpc) is 2.83. The van der Waals surface area contributed by atoms with Gasteiger partial charge < -0.3 is 4.74 Å². The van der Waals surface area contributed by atoms with Crippen molar-refractivity contribution in [1.29, 1.82) is 0 Å². The molecule has 0 aliphatic carbocycles. The van der Waals surface area contributed by atoms with E-state index in [1.54, 1.807) is 12.3 Å². The monoisotopic (exact) mass is 244 g/mol. The molecule has 1 aromatic heterocycles. The van der Waals surface area contributed by atoms with Crippen molar-refractivity contribution in [3.63, 3.8) is 0 Å². The second-order valence-corrected chi connectivity index (χ2v) is 4.34. The maximum Gasteiger partial charge on any atom is 0.312 e. The highest BCUT2D eigenvalue weighted by Gasteiger charge is 2.06. The maximum absolute atomic E-state index is 11.6. The number of ether oxygens (including phenoxy) is 1. The van der Waals surface area contributed by atoms with Gasteiger partial charge in [-0.25, -0.2) is 0 Å². The zero-order valence-corrected chi connectivity index (χ0v) is 10.6. The predicted molar refractivity (Wildman–Crippen MR) is 68.0 cm³/mol. The number of aromatic nitrogens is 2. The van der Waals surface area contributed by atoms with Crippen LogP contribution in [0.25, 0.3) is 0 Å². The standard InChI is InChI=1S/C14H16N2O2/c1-10-3-4-12(7-11(10)2)9-18-14(17)8-13-5-6-15-16-13/h3-7H,8-9H2,1-2H3,(H,15,16). The van der Waals surface area contributed by atoms with E-state index in [9.17, 15) is 4.79 Å². The largest absolute Gasteiger partial charge is 0.461 e. The second-order valence-electron chi connectivity index (χ2n) is 4.34. The second kappa shape index (κ2) is 5.49. The zero-order valence-electron chi connectivity index (χ0n) is 10.6. The van der Waals surface area contributed by atoms with E-state index < -0.39 is 0 Å². The lowest BCUT2D eigenvalue weighted by molar-refractivity contribution is -0.144. The summed E-state index contributed by atoms with van der Waals surface area (Å²) in [7, 11) is 0. The average molecular weight is 244 g/mol. The van der Waals surface area contributed by atoms with Crippen LogP contribution in [0.15, 0.2) is 30.5 Å². The number of aryl methyl sites for hydroxylation is 2. The summed E-state index contributed by atoms with van der Waals surface area (Å²) in [5.74, 6) is -0.252. The zero-order chi connectivity index (χ0) is 13.0. The lowest BCUT2D eigenvalue weighted by Gasteiger charge is -2.06. The first-order valence-corrected chi connectivity index (χ1v) is 5.85. The van der Waals surface area contributed by atoms with Crippen molar-refractivity contribution >= 4 is 5.97 Å². The molecule has 0 bridgehead atoms. The van der Waals surface area contributed by atoms with Crippen molar-refractivity contribution in [3.05, 3.63) is 52.8 Å². The molecule has 2 rings (SSSR count). The molecular weight excluding hydrogens is 228 g/mol. The molecular formula is C14H16N2O2. The number of carbonyl (C=O) groups is 1. The fourth-order valence-electron chi connectivity index (χ4n) is 1.65. The van der Waals surface area contributed by atoms with Gasteiger partial charge in [0.25, 0.3) is 0 Å². The molecule has 0 atom stereocenters. The van der Waals surface area contributed by atoms with Crippen LogP contribution >= 0.6 is 0 Å². The summed E-state index contributed by atoms with van der Waals surface area (Å²) in [6, 6.07) is 7.81. The Hall–Kier alpha value is -2.10. The summed E-state index contributed by atoms with van der Waals surface area (Å²) >= 11 is 0. The van der Waals surface area contributed by atoms with Gasteiger partial charge in [0, 0.05) is 11.9 Å². The van der Waals surface area contributed by atoms with Crippen LogP contribution in [0.4, 0.5) is 0 Å². The summed E-state index contributed by atoms with van der Waals surface area (Å²) in [6.45, 7) is 4.42. The number of H-pyrrole nitrogens is 1. The molecule has 18 heavy (non-hydrogen) atoms. The minimum atomic E-state index is -0.252. The first-order valence-electron chi connectivity index (χ1n) is 5.85. The Labute approximate surface area is 106 Å². The van der Waals surface area contributed by atoms with Crippen LogP contribution in [0.5, 0.6) is 0 Å². The molecule has 0 aliphatic heterocycles. The molecule has 4 heteroatoms. The fourth-order valence-corrected chi connectivity index (χ4v) is 1.65. The van der Waals surface area contributed by atoms with Gasteiger partial charge in [-0.2, -0.15) is 5.10 Å². The van der Waals surface area contributed by atoms with Gasteiger partial charge in [-0.05, 0) is 36.6 Å². The Bertz CT molecular complexity index is 533. The molecule has 0 radical (unpaired) electrons. The number of rotatable bonds is 4. The molecule has 0 amide bonds. The van der Waals surface area contributed by atoms with Gasteiger partial charge in [-0.1, -0.05) is 18.2 Å². The first kappa shape index (κ1) is 12.4. The van der Waals surface area contributed by atoms with Crippen molar-refractivity contribution in [2.75, 3.05) is 0 Å². The molecule has 2 aromatic rings. The van der Waals surface area contributed by atoms with E-state index in [0.717, 1.165) is 11.3 Å². The number of nitrogens with zero attached hydrogens (tertiary/aromatic N) is 1. The molecule has 0 saturated carbocycles. The Balaban J connectivity index is 1.87. The Morgan fingerprint density at radius 3 is 2.78 bits per heavy atom. The maximum atomic E-state index is 11.6. The minimum absolute atomic E-state index is 0.227. The van der Waals surface area contributed by atoms with Crippen LogP contribution in [-0.4, -0.2) is 16.2 Å². The van der Waals surface area contributed by atoms with E-state index in [1.807, 2.05) is 25.1 Å². The van der Waals surface area contributed by atoms with Crippen molar-refractivity contribution in [1.82, 2.24) is 10.2 Å². The highest BCUT2D eigenvalue weighted by Crippen LogP contribution is 2.11. The highest BCUT2D eigenvalue weighted by atomic mass is 16.5. The van der Waals surface area contributed by atoms with Crippen LogP contribution in [0.1, 0.15) is 22.4 Å². The van der Waals surface area contributed by atoms with Crippen molar-refractivity contribution in [2.24, 2.45) is 0 Å². The van der Waals surface area contributed by atoms with E-state index in [4.69, 9.17) is 4.74 Å². The van der Waals surface area contributed by atoms with Crippen LogP contribution in [-0.2, 0) is 22.6 Å². The SMILES string of the molecule is Cc1ccc(COC(=O)Cc2ccn[nH]2)cc1C. The van der Waals surface area contributed by atoms with Crippen LogP contribution in [0.3, 0.4) is 0 Å². The van der Waals surface area contributed by atoms with Gasteiger partial charge >= 0.3 is 5.97 Å². The summed E-state index contributed by atoms with van der Waals surface area (Å²) < 4.78 is 5.21. The third kappa shape index (κ3) is 3.20. The smallest absolute Gasteiger partial charge is 0.312 e. The van der Waals surface area contributed by atoms with Gasteiger partial charge in [0.05, 0.1) is 6.42 Å². The molecule has 4 nitrogen and oxygen atoms in total. The van der Waals surface area contributed by atoms with Gasteiger partial charge in [0.15, 0.2) is 0 Å². The van der Waals surface area contributed by atoms with E-state index in [2.05, 4.69) is 17.1 Å². The third-order valence-corrected chi connectivity index (χ3v) is 2.86. The van der Waals surface area contributed by atoms with Crippen LogP contribution in [0, 0.1) is 13.8 Å². The Kier molecular flexibility index (Phi) is 3.77. The number of hydrogen-bond donors (Lipinski definition) is 1. The van der Waals surface area contributed by atoms with Gasteiger partial charge in [0.1, 0.15) is 6.61 Å². The van der Waals surface area contributed by atoms with Gasteiger partial charge in [-0.3, -0.25) is 9.89 Å². The first-order chi connectivity index (χ1) is 8.65. The molecule has 0 spiro atoms. The number of hydrogen-bond acceptors (Lipinski definition) is 3.